The third-order valence-electron chi connectivity index (χ3n) is 3.45. The third kappa shape index (κ3) is 3.49. The molecule has 0 unspecified atom stereocenters. The first kappa shape index (κ1) is 12.9. The Kier molecular flexibility index (Phi) is 4.62. The zero-order chi connectivity index (χ0) is 12.8. The van der Waals surface area contributed by atoms with Crippen LogP contribution in [0.5, 0.6) is 5.75 Å². The molecule has 0 spiro atoms. The van der Waals surface area contributed by atoms with E-state index in [1.807, 2.05) is 0 Å². The Morgan fingerprint density at radius 1 is 1.06 bits per heavy atom. The average molecular weight is 248 g/mol. The number of carbonyl (C=O) groups is 1. The van der Waals surface area contributed by atoms with Gasteiger partial charge in [0.1, 0.15) is 17.4 Å². The fraction of sp³-hybridized carbons (Fsp3) is 0.533. The van der Waals surface area contributed by atoms with Crippen LogP contribution in [0.25, 0.3) is 0 Å². The van der Waals surface area contributed by atoms with Crippen molar-refractivity contribution in [2.75, 3.05) is 0 Å². The van der Waals surface area contributed by atoms with E-state index < -0.39 is 5.97 Å². The van der Waals surface area contributed by atoms with Crippen molar-refractivity contribution in [1.82, 2.24) is 0 Å². The Labute approximate surface area is 108 Å². The largest absolute Gasteiger partial charge is 0.507 e. The van der Waals surface area contributed by atoms with Gasteiger partial charge in [0.05, 0.1) is 0 Å². The van der Waals surface area contributed by atoms with Crippen LogP contribution in [0.15, 0.2) is 24.3 Å². The highest BCUT2D eigenvalue weighted by Crippen LogP contribution is 2.22. The van der Waals surface area contributed by atoms with E-state index in [0.29, 0.717) is 0 Å². The quantitative estimate of drug-likeness (QED) is 0.812. The molecule has 0 saturated heterocycles. The fourth-order valence-electron chi connectivity index (χ4n) is 2.40. The molecule has 0 aromatic heterocycles. The number of carbonyl (C=O) groups excluding carboxylic acids is 1. The Bertz CT molecular complexity index is 392. The lowest BCUT2D eigenvalue weighted by Gasteiger charge is -2.20. The molecule has 1 aromatic carbocycles. The minimum atomic E-state index is -0.404. The number of esters is 1. The Hall–Kier alpha value is -1.51. The van der Waals surface area contributed by atoms with E-state index >= 15 is 0 Å². The zero-order valence-corrected chi connectivity index (χ0v) is 10.6. The summed E-state index contributed by atoms with van der Waals surface area (Å²) in [6.45, 7) is 0. The molecule has 0 radical (unpaired) electrons. The van der Waals surface area contributed by atoms with E-state index in [0.717, 1.165) is 25.7 Å². The molecule has 18 heavy (non-hydrogen) atoms. The van der Waals surface area contributed by atoms with Crippen LogP contribution in [0.4, 0.5) is 0 Å². The van der Waals surface area contributed by atoms with E-state index in [-0.39, 0.29) is 17.4 Å². The third-order valence-corrected chi connectivity index (χ3v) is 3.45. The molecule has 1 saturated carbocycles. The van der Waals surface area contributed by atoms with E-state index in [9.17, 15) is 9.90 Å². The number of rotatable bonds is 2. The van der Waals surface area contributed by atoms with Crippen LogP contribution < -0.4 is 0 Å². The van der Waals surface area contributed by atoms with E-state index in [1.54, 1.807) is 18.2 Å². The van der Waals surface area contributed by atoms with Gasteiger partial charge in [0.25, 0.3) is 0 Å². The summed E-state index contributed by atoms with van der Waals surface area (Å²) < 4.78 is 5.49. The molecule has 98 valence electrons. The van der Waals surface area contributed by atoms with Crippen molar-refractivity contribution < 1.29 is 14.6 Å². The minimum absolute atomic E-state index is 0.00616. The summed E-state index contributed by atoms with van der Waals surface area (Å²) >= 11 is 0. The van der Waals surface area contributed by atoms with Crippen LogP contribution in [0.3, 0.4) is 0 Å². The fourth-order valence-corrected chi connectivity index (χ4v) is 2.40. The molecular weight excluding hydrogens is 228 g/mol. The predicted molar refractivity (Wildman–Crippen MR) is 69.6 cm³/mol. The molecule has 1 aliphatic rings. The summed E-state index contributed by atoms with van der Waals surface area (Å²) in [7, 11) is 0. The molecule has 0 atom stereocenters. The standard InChI is InChI=1S/C15H20O3/c16-14-11-7-6-10-13(14)15(17)18-12-8-4-2-1-3-5-9-12/h6-7,10-12,16H,1-5,8-9H2. The van der Waals surface area contributed by atoms with E-state index in [1.165, 1.54) is 25.3 Å². The smallest absolute Gasteiger partial charge is 0.342 e. The van der Waals surface area contributed by atoms with Gasteiger partial charge in [0.2, 0.25) is 0 Å². The number of aromatic hydroxyl groups is 1. The molecular formula is C15H20O3. The Morgan fingerprint density at radius 2 is 1.67 bits per heavy atom. The van der Waals surface area contributed by atoms with Crippen molar-refractivity contribution in [2.45, 2.75) is 51.0 Å². The van der Waals surface area contributed by atoms with Gasteiger partial charge in [-0.1, -0.05) is 31.4 Å². The maximum absolute atomic E-state index is 11.9. The van der Waals surface area contributed by atoms with Crippen LogP contribution in [0, 0.1) is 0 Å². The topological polar surface area (TPSA) is 46.5 Å². The van der Waals surface area contributed by atoms with Gasteiger partial charge in [0.15, 0.2) is 0 Å². The molecule has 0 amide bonds. The first-order chi connectivity index (χ1) is 8.77. The first-order valence-corrected chi connectivity index (χ1v) is 6.76. The van der Waals surface area contributed by atoms with Crippen LogP contribution in [-0.2, 0) is 4.74 Å². The summed E-state index contributed by atoms with van der Waals surface area (Å²) in [6, 6.07) is 6.53. The van der Waals surface area contributed by atoms with Crippen molar-refractivity contribution in [2.24, 2.45) is 0 Å². The number of phenols is 1. The molecule has 1 aliphatic carbocycles. The first-order valence-electron chi connectivity index (χ1n) is 6.76. The van der Waals surface area contributed by atoms with Crippen LogP contribution in [0.2, 0.25) is 0 Å². The summed E-state index contributed by atoms with van der Waals surface area (Å²) in [4.78, 5) is 11.9. The number of para-hydroxylation sites is 1. The monoisotopic (exact) mass is 248 g/mol. The number of hydrogen-bond acceptors (Lipinski definition) is 3. The maximum Gasteiger partial charge on any atom is 0.342 e. The molecule has 3 nitrogen and oxygen atoms in total. The zero-order valence-electron chi connectivity index (χ0n) is 10.6. The SMILES string of the molecule is O=C(OC1CCCCCCC1)c1ccccc1O. The summed E-state index contributed by atoms with van der Waals surface area (Å²) in [5.74, 6) is -0.410. The summed E-state index contributed by atoms with van der Waals surface area (Å²) in [6.07, 6.45) is 7.89. The number of hydrogen-bond donors (Lipinski definition) is 1. The minimum Gasteiger partial charge on any atom is -0.507 e. The second kappa shape index (κ2) is 6.43. The maximum atomic E-state index is 11.9. The lowest BCUT2D eigenvalue weighted by atomic mass is 9.98. The van der Waals surface area contributed by atoms with Gasteiger partial charge in [-0.2, -0.15) is 0 Å². The van der Waals surface area contributed by atoms with Gasteiger partial charge < -0.3 is 9.84 Å². The second-order valence-corrected chi connectivity index (χ2v) is 4.89. The molecule has 1 fully saturated rings. The summed E-state index contributed by atoms with van der Waals surface area (Å²) in [5.41, 5.74) is 0.263. The van der Waals surface area contributed by atoms with Gasteiger partial charge in [0, 0.05) is 0 Å². The van der Waals surface area contributed by atoms with Crippen molar-refractivity contribution in [3.05, 3.63) is 29.8 Å². The number of benzene rings is 1. The molecule has 3 heteroatoms. The van der Waals surface area contributed by atoms with Crippen molar-refractivity contribution in [1.29, 1.82) is 0 Å². The molecule has 2 rings (SSSR count). The average Bonchev–Trinajstić information content (AvgIpc) is 2.33. The predicted octanol–water partition coefficient (Wildman–Crippen LogP) is 3.66. The van der Waals surface area contributed by atoms with Gasteiger partial charge in [-0.05, 0) is 37.8 Å². The highest BCUT2D eigenvalue weighted by Gasteiger charge is 2.18. The molecule has 0 aliphatic heterocycles. The lowest BCUT2D eigenvalue weighted by Crippen LogP contribution is -2.19. The normalized spacial score (nSPS) is 17.8. The van der Waals surface area contributed by atoms with Gasteiger partial charge >= 0.3 is 5.97 Å². The van der Waals surface area contributed by atoms with Crippen molar-refractivity contribution in [3.63, 3.8) is 0 Å². The highest BCUT2D eigenvalue weighted by atomic mass is 16.5. The lowest BCUT2D eigenvalue weighted by molar-refractivity contribution is 0.0236. The van der Waals surface area contributed by atoms with Crippen molar-refractivity contribution in [3.8, 4) is 5.75 Å². The van der Waals surface area contributed by atoms with E-state index in [2.05, 4.69) is 0 Å². The summed E-state index contributed by atoms with van der Waals surface area (Å²) in [5, 5.41) is 9.61. The molecule has 1 N–H and O–H groups in total. The van der Waals surface area contributed by atoms with E-state index in [4.69, 9.17) is 4.74 Å². The van der Waals surface area contributed by atoms with Gasteiger partial charge in [-0.3, -0.25) is 0 Å². The molecule has 0 bridgehead atoms. The van der Waals surface area contributed by atoms with Gasteiger partial charge in [-0.25, -0.2) is 4.79 Å². The number of phenolic OH excluding ortho intramolecular Hbond substituents is 1. The van der Waals surface area contributed by atoms with Crippen LogP contribution in [0.1, 0.15) is 55.3 Å². The molecule has 1 aromatic rings. The number of ether oxygens (including phenoxy) is 1. The van der Waals surface area contributed by atoms with Crippen molar-refractivity contribution >= 4 is 5.97 Å². The molecule has 0 heterocycles. The van der Waals surface area contributed by atoms with Crippen LogP contribution >= 0.6 is 0 Å². The Morgan fingerprint density at radius 3 is 2.33 bits per heavy atom. The highest BCUT2D eigenvalue weighted by molar-refractivity contribution is 5.92. The van der Waals surface area contributed by atoms with Gasteiger partial charge in [-0.15, -0.1) is 0 Å². The second-order valence-electron chi connectivity index (χ2n) is 4.89. The van der Waals surface area contributed by atoms with Crippen LogP contribution in [-0.4, -0.2) is 17.2 Å². The Balaban J connectivity index is 1.95.